The maximum atomic E-state index is 12.0. The van der Waals surface area contributed by atoms with E-state index in [0.717, 1.165) is 4.47 Å². The summed E-state index contributed by atoms with van der Waals surface area (Å²) < 4.78 is 27.3. The summed E-state index contributed by atoms with van der Waals surface area (Å²) in [7, 11) is -3.60. The molecule has 0 aliphatic heterocycles. The van der Waals surface area contributed by atoms with Crippen LogP contribution in [0.3, 0.4) is 0 Å². The molecule has 0 heterocycles. The summed E-state index contributed by atoms with van der Waals surface area (Å²) in [5, 5.41) is 2.70. The zero-order valence-corrected chi connectivity index (χ0v) is 14.0. The molecule has 116 valence electrons. The molecule has 0 unspecified atom stereocenters. The van der Waals surface area contributed by atoms with E-state index in [4.69, 9.17) is 0 Å². The van der Waals surface area contributed by atoms with Crippen LogP contribution in [0.2, 0.25) is 0 Å². The molecule has 0 fully saturated rings. The number of halogens is 1. The maximum absolute atomic E-state index is 12.0. The smallest absolute Gasteiger partial charge is 0.240 e. The van der Waals surface area contributed by atoms with E-state index in [0.29, 0.717) is 5.69 Å². The number of amides is 1. The van der Waals surface area contributed by atoms with Crippen molar-refractivity contribution in [1.29, 1.82) is 0 Å². The normalized spacial score (nSPS) is 11.1. The molecule has 0 radical (unpaired) electrons. The number of nitrogens with one attached hydrogen (secondary N) is 2. The van der Waals surface area contributed by atoms with Gasteiger partial charge < -0.3 is 5.32 Å². The van der Waals surface area contributed by atoms with Crippen molar-refractivity contribution in [3.8, 4) is 0 Å². The summed E-state index contributed by atoms with van der Waals surface area (Å²) in [5.41, 5.74) is 0.684. The van der Waals surface area contributed by atoms with Crippen molar-refractivity contribution in [1.82, 2.24) is 4.72 Å². The van der Waals surface area contributed by atoms with Crippen LogP contribution in [0.1, 0.15) is 6.42 Å². The van der Waals surface area contributed by atoms with Crippen LogP contribution in [0.25, 0.3) is 0 Å². The van der Waals surface area contributed by atoms with Crippen molar-refractivity contribution in [2.75, 3.05) is 11.9 Å². The van der Waals surface area contributed by atoms with Gasteiger partial charge in [-0.05, 0) is 36.4 Å². The van der Waals surface area contributed by atoms with Crippen LogP contribution in [0.4, 0.5) is 5.69 Å². The summed E-state index contributed by atoms with van der Waals surface area (Å²) in [6, 6.07) is 15.3. The third-order valence-corrected chi connectivity index (χ3v) is 4.83. The number of anilines is 1. The summed E-state index contributed by atoms with van der Waals surface area (Å²) in [6.45, 7) is 0.0388. The molecular weight excluding hydrogens is 368 g/mol. The average molecular weight is 383 g/mol. The SMILES string of the molecule is O=C(CCNS(=O)(=O)c1ccc(Br)cc1)Nc1ccccc1. The molecule has 5 nitrogen and oxygen atoms in total. The van der Waals surface area contributed by atoms with Crippen molar-refractivity contribution < 1.29 is 13.2 Å². The fourth-order valence-electron chi connectivity index (χ4n) is 1.74. The highest BCUT2D eigenvalue weighted by Gasteiger charge is 2.13. The molecule has 7 heteroatoms. The van der Waals surface area contributed by atoms with Gasteiger partial charge in [0, 0.05) is 23.1 Å². The molecule has 0 spiro atoms. The second-order valence-electron chi connectivity index (χ2n) is 4.52. The molecule has 0 aliphatic carbocycles. The Labute approximate surface area is 137 Å². The first-order valence-electron chi connectivity index (χ1n) is 6.57. The first-order valence-corrected chi connectivity index (χ1v) is 8.85. The number of sulfonamides is 1. The maximum Gasteiger partial charge on any atom is 0.240 e. The minimum absolute atomic E-state index is 0.0388. The predicted molar refractivity (Wildman–Crippen MR) is 89.0 cm³/mol. The lowest BCUT2D eigenvalue weighted by Crippen LogP contribution is -2.27. The van der Waals surface area contributed by atoms with E-state index in [1.54, 1.807) is 24.3 Å². The Morgan fingerprint density at radius 3 is 2.27 bits per heavy atom. The number of hydrogen-bond acceptors (Lipinski definition) is 3. The lowest BCUT2D eigenvalue weighted by molar-refractivity contribution is -0.116. The van der Waals surface area contributed by atoms with Gasteiger partial charge in [-0.2, -0.15) is 0 Å². The largest absolute Gasteiger partial charge is 0.326 e. The van der Waals surface area contributed by atoms with E-state index in [-0.39, 0.29) is 23.8 Å². The third kappa shape index (κ3) is 4.94. The van der Waals surface area contributed by atoms with Gasteiger partial charge in [0.1, 0.15) is 0 Å². The number of carbonyl (C=O) groups excluding carboxylic acids is 1. The minimum Gasteiger partial charge on any atom is -0.326 e. The van der Waals surface area contributed by atoms with E-state index in [2.05, 4.69) is 26.0 Å². The van der Waals surface area contributed by atoms with Crippen LogP contribution >= 0.6 is 15.9 Å². The van der Waals surface area contributed by atoms with Crippen molar-refractivity contribution in [2.24, 2.45) is 0 Å². The summed E-state index contributed by atoms with van der Waals surface area (Å²) in [4.78, 5) is 11.9. The van der Waals surface area contributed by atoms with Crippen LogP contribution in [0, 0.1) is 0 Å². The van der Waals surface area contributed by atoms with Crippen LogP contribution in [-0.2, 0) is 14.8 Å². The van der Waals surface area contributed by atoms with Crippen molar-refractivity contribution >= 4 is 37.5 Å². The first kappa shape index (κ1) is 16.7. The van der Waals surface area contributed by atoms with Gasteiger partial charge in [0.25, 0.3) is 0 Å². The summed E-state index contributed by atoms with van der Waals surface area (Å²) in [6.07, 6.45) is 0.0602. The summed E-state index contributed by atoms with van der Waals surface area (Å²) >= 11 is 3.25. The van der Waals surface area contributed by atoms with Crippen LogP contribution < -0.4 is 10.0 Å². The van der Waals surface area contributed by atoms with Gasteiger partial charge in [-0.3, -0.25) is 4.79 Å². The van der Waals surface area contributed by atoms with Gasteiger partial charge in [-0.1, -0.05) is 34.1 Å². The number of benzene rings is 2. The van der Waals surface area contributed by atoms with Crippen molar-refractivity contribution in [2.45, 2.75) is 11.3 Å². The van der Waals surface area contributed by atoms with Crippen LogP contribution in [0.5, 0.6) is 0 Å². The Bertz CT molecular complexity index is 731. The molecule has 2 rings (SSSR count). The first-order chi connectivity index (χ1) is 10.5. The van der Waals surface area contributed by atoms with Gasteiger partial charge >= 0.3 is 0 Å². The van der Waals surface area contributed by atoms with Gasteiger partial charge in [0.2, 0.25) is 15.9 Å². The Hall–Kier alpha value is -1.70. The minimum atomic E-state index is -3.60. The molecule has 1 amide bonds. The predicted octanol–water partition coefficient (Wildman–Crippen LogP) is 2.76. The summed E-state index contributed by atoms with van der Waals surface area (Å²) in [5.74, 6) is -0.246. The Balaban J connectivity index is 1.85. The number of rotatable bonds is 6. The molecule has 22 heavy (non-hydrogen) atoms. The Kier molecular flexibility index (Phi) is 5.70. The molecule has 2 aromatic carbocycles. The van der Waals surface area contributed by atoms with Crippen molar-refractivity contribution in [3.63, 3.8) is 0 Å². The molecule has 2 aromatic rings. The van der Waals surface area contributed by atoms with E-state index in [1.807, 2.05) is 18.2 Å². The molecule has 0 saturated carbocycles. The second kappa shape index (κ2) is 7.53. The second-order valence-corrected chi connectivity index (χ2v) is 7.20. The van der Waals surface area contributed by atoms with Gasteiger partial charge in [0.15, 0.2) is 0 Å². The number of hydrogen-bond donors (Lipinski definition) is 2. The highest BCUT2D eigenvalue weighted by Crippen LogP contribution is 2.14. The highest BCUT2D eigenvalue weighted by atomic mass is 79.9. The van der Waals surface area contributed by atoms with Crippen molar-refractivity contribution in [3.05, 3.63) is 59.1 Å². The Morgan fingerprint density at radius 1 is 1.00 bits per heavy atom. The van der Waals surface area contributed by atoms with Gasteiger partial charge in [0.05, 0.1) is 4.90 Å². The monoisotopic (exact) mass is 382 g/mol. The van der Waals surface area contributed by atoms with E-state index in [9.17, 15) is 13.2 Å². The lowest BCUT2D eigenvalue weighted by Gasteiger charge is -2.07. The molecule has 0 aliphatic rings. The lowest BCUT2D eigenvalue weighted by atomic mass is 10.3. The molecule has 0 bridgehead atoms. The quantitative estimate of drug-likeness (QED) is 0.806. The topological polar surface area (TPSA) is 75.3 Å². The Morgan fingerprint density at radius 2 is 1.64 bits per heavy atom. The fraction of sp³-hybridized carbons (Fsp3) is 0.133. The zero-order chi connectivity index (χ0) is 16.0. The fourth-order valence-corrected chi connectivity index (χ4v) is 3.04. The third-order valence-electron chi connectivity index (χ3n) is 2.83. The van der Waals surface area contributed by atoms with E-state index >= 15 is 0 Å². The van der Waals surface area contributed by atoms with Gasteiger partial charge in [-0.25, -0.2) is 13.1 Å². The molecule has 2 N–H and O–H groups in total. The highest BCUT2D eigenvalue weighted by molar-refractivity contribution is 9.10. The average Bonchev–Trinajstić information content (AvgIpc) is 2.48. The van der Waals surface area contributed by atoms with E-state index < -0.39 is 10.0 Å². The zero-order valence-electron chi connectivity index (χ0n) is 11.6. The van der Waals surface area contributed by atoms with E-state index in [1.165, 1.54) is 12.1 Å². The molecule has 0 aromatic heterocycles. The van der Waals surface area contributed by atoms with Crippen LogP contribution in [0.15, 0.2) is 64.0 Å². The molecule has 0 atom stereocenters. The molecular formula is C15H15BrN2O3S. The molecule has 0 saturated heterocycles. The van der Waals surface area contributed by atoms with Crippen LogP contribution in [-0.4, -0.2) is 20.9 Å². The number of para-hydroxylation sites is 1. The van der Waals surface area contributed by atoms with Gasteiger partial charge in [-0.15, -0.1) is 0 Å². The standard InChI is InChI=1S/C15H15BrN2O3S/c16-12-6-8-14(9-7-12)22(20,21)17-11-10-15(19)18-13-4-2-1-3-5-13/h1-9,17H,10-11H2,(H,18,19). The number of carbonyl (C=O) groups is 1.